The standard InChI is InChI=1S/C21H23NO3/c1-20(2,3)25-19(24)22-18(23)14-15-21(22,16-10-6-4-7-11-16)17-12-8-5-9-13-17/h4-13H,14-15H2,1-3H3. The van der Waals surface area contributed by atoms with Gasteiger partial charge in [-0.25, -0.2) is 9.69 Å². The molecule has 2 amide bonds. The minimum Gasteiger partial charge on any atom is -0.443 e. The van der Waals surface area contributed by atoms with Crippen LogP contribution in [0.5, 0.6) is 0 Å². The Morgan fingerprint density at radius 2 is 1.44 bits per heavy atom. The number of carbonyl (C=O) groups excluding carboxylic acids is 2. The van der Waals surface area contributed by atoms with Crippen molar-refractivity contribution in [1.29, 1.82) is 0 Å². The van der Waals surface area contributed by atoms with Crippen LogP contribution in [0.3, 0.4) is 0 Å². The third kappa shape index (κ3) is 3.16. The second kappa shape index (κ2) is 6.36. The fraction of sp³-hybridized carbons (Fsp3) is 0.333. The lowest BCUT2D eigenvalue weighted by molar-refractivity contribution is -0.129. The summed E-state index contributed by atoms with van der Waals surface area (Å²) in [5.74, 6) is -0.207. The quantitative estimate of drug-likeness (QED) is 0.811. The molecule has 0 aliphatic carbocycles. The topological polar surface area (TPSA) is 46.6 Å². The highest BCUT2D eigenvalue weighted by molar-refractivity contribution is 5.96. The Bertz CT molecular complexity index is 723. The maximum absolute atomic E-state index is 12.9. The molecule has 1 saturated heterocycles. The highest BCUT2D eigenvalue weighted by Gasteiger charge is 2.52. The number of carbonyl (C=O) groups is 2. The molecule has 1 aliphatic rings. The highest BCUT2D eigenvalue weighted by atomic mass is 16.6. The van der Waals surface area contributed by atoms with Gasteiger partial charge in [-0.2, -0.15) is 0 Å². The summed E-state index contributed by atoms with van der Waals surface area (Å²) in [6.45, 7) is 5.41. The Morgan fingerprint density at radius 3 is 1.88 bits per heavy atom. The molecule has 4 heteroatoms. The van der Waals surface area contributed by atoms with Gasteiger partial charge in [0.1, 0.15) is 11.1 Å². The average Bonchev–Trinajstić information content (AvgIpc) is 2.93. The van der Waals surface area contributed by atoms with Gasteiger partial charge in [0, 0.05) is 6.42 Å². The lowest BCUT2D eigenvalue weighted by atomic mass is 9.80. The lowest BCUT2D eigenvalue weighted by Crippen LogP contribution is -2.49. The van der Waals surface area contributed by atoms with Crippen LogP contribution in [0.25, 0.3) is 0 Å². The predicted molar refractivity (Wildman–Crippen MR) is 96.0 cm³/mol. The smallest absolute Gasteiger partial charge is 0.418 e. The molecule has 130 valence electrons. The Hall–Kier alpha value is -2.62. The van der Waals surface area contributed by atoms with Gasteiger partial charge in [-0.3, -0.25) is 4.79 Å². The van der Waals surface area contributed by atoms with Crippen molar-refractivity contribution in [2.75, 3.05) is 0 Å². The van der Waals surface area contributed by atoms with E-state index < -0.39 is 17.2 Å². The van der Waals surface area contributed by atoms with Crippen molar-refractivity contribution in [1.82, 2.24) is 4.90 Å². The van der Waals surface area contributed by atoms with Gasteiger partial charge in [-0.1, -0.05) is 60.7 Å². The van der Waals surface area contributed by atoms with Crippen LogP contribution in [0.4, 0.5) is 4.79 Å². The summed E-state index contributed by atoms with van der Waals surface area (Å²) in [4.78, 5) is 26.9. The normalized spacial score (nSPS) is 16.8. The zero-order valence-electron chi connectivity index (χ0n) is 14.9. The van der Waals surface area contributed by atoms with Crippen LogP contribution in [-0.4, -0.2) is 22.5 Å². The van der Waals surface area contributed by atoms with Crippen LogP contribution in [0.1, 0.15) is 44.7 Å². The number of rotatable bonds is 2. The van der Waals surface area contributed by atoms with Gasteiger partial charge >= 0.3 is 6.09 Å². The molecule has 1 heterocycles. The molecule has 1 aliphatic heterocycles. The van der Waals surface area contributed by atoms with Crippen LogP contribution in [0.2, 0.25) is 0 Å². The van der Waals surface area contributed by atoms with E-state index in [9.17, 15) is 9.59 Å². The molecule has 0 spiro atoms. The second-order valence-corrected chi connectivity index (χ2v) is 7.30. The van der Waals surface area contributed by atoms with Gasteiger partial charge < -0.3 is 4.74 Å². The fourth-order valence-electron chi connectivity index (χ4n) is 3.43. The molecular formula is C21H23NO3. The largest absolute Gasteiger partial charge is 0.443 e. The molecule has 25 heavy (non-hydrogen) atoms. The van der Waals surface area contributed by atoms with Gasteiger partial charge in [0.2, 0.25) is 5.91 Å². The van der Waals surface area contributed by atoms with Crippen LogP contribution in [0.15, 0.2) is 60.7 Å². The summed E-state index contributed by atoms with van der Waals surface area (Å²) in [6, 6.07) is 19.4. The van der Waals surface area contributed by atoms with Gasteiger partial charge in [-0.05, 0) is 38.3 Å². The van der Waals surface area contributed by atoms with Gasteiger partial charge in [-0.15, -0.1) is 0 Å². The molecule has 0 atom stereocenters. The summed E-state index contributed by atoms with van der Waals surface area (Å²) in [5.41, 5.74) is 0.330. The van der Waals surface area contributed by atoms with Gasteiger partial charge in [0.05, 0.1) is 0 Å². The van der Waals surface area contributed by atoms with Crippen LogP contribution in [-0.2, 0) is 15.1 Å². The maximum Gasteiger partial charge on any atom is 0.418 e. The van der Waals surface area contributed by atoms with E-state index in [1.165, 1.54) is 4.90 Å². The van der Waals surface area contributed by atoms with Crippen molar-refractivity contribution >= 4 is 12.0 Å². The van der Waals surface area contributed by atoms with E-state index in [-0.39, 0.29) is 5.91 Å². The summed E-state index contributed by atoms with van der Waals surface area (Å²) in [6.07, 6.45) is 0.255. The number of benzene rings is 2. The lowest BCUT2D eigenvalue weighted by Gasteiger charge is -2.38. The number of likely N-dealkylation sites (tertiary alicyclic amines) is 1. The number of imide groups is 1. The van der Waals surface area contributed by atoms with E-state index in [4.69, 9.17) is 4.74 Å². The molecule has 0 bridgehead atoms. The summed E-state index contributed by atoms with van der Waals surface area (Å²) in [7, 11) is 0. The second-order valence-electron chi connectivity index (χ2n) is 7.30. The van der Waals surface area contributed by atoms with E-state index in [2.05, 4.69) is 0 Å². The maximum atomic E-state index is 12.9. The first-order valence-electron chi connectivity index (χ1n) is 8.52. The van der Waals surface area contributed by atoms with Crippen LogP contribution >= 0.6 is 0 Å². The Morgan fingerprint density at radius 1 is 0.960 bits per heavy atom. The zero-order valence-corrected chi connectivity index (χ0v) is 14.9. The Labute approximate surface area is 148 Å². The van der Waals surface area contributed by atoms with Crippen LogP contribution in [0, 0.1) is 0 Å². The molecule has 4 nitrogen and oxygen atoms in total. The highest BCUT2D eigenvalue weighted by Crippen LogP contribution is 2.45. The van der Waals surface area contributed by atoms with Crippen molar-refractivity contribution < 1.29 is 14.3 Å². The molecule has 2 aromatic carbocycles. The van der Waals surface area contributed by atoms with Crippen LogP contribution < -0.4 is 0 Å². The predicted octanol–water partition coefficient (Wildman–Crippen LogP) is 4.49. The Kier molecular flexibility index (Phi) is 4.38. The molecular weight excluding hydrogens is 314 g/mol. The molecule has 0 radical (unpaired) electrons. The fourth-order valence-corrected chi connectivity index (χ4v) is 3.43. The van der Waals surface area contributed by atoms with E-state index in [0.29, 0.717) is 12.8 Å². The zero-order chi connectivity index (χ0) is 18.1. The number of hydrogen-bond donors (Lipinski definition) is 0. The van der Waals surface area contributed by atoms with E-state index in [1.807, 2.05) is 60.7 Å². The molecule has 0 aromatic heterocycles. The number of nitrogens with zero attached hydrogens (tertiary/aromatic N) is 1. The van der Waals surface area contributed by atoms with Crippen molar-refractivity contribution in [3.63, 3.8) is 0 Å². The van der Waals surface area contributed by atoms with E-state index >= 15 is 0 Å². The molecule has 1 fully saturated rings. The number of hydrogen-bond acceptors (Lipinski definition) is 3. The SMILES string of the molecule is CC(C)(C)OC(=O)N1C(=O)CCC1(c1ccccc1)c1ccccc1. The first-order valence-corrected chi connectivity index (χ1v) is 8.52. The summed E-state index contributed by atoms with van der Waals surface area (Å²) >= 11 is 0. The average molecular weight is 337 g/mol. The first kappa shape index (κ1) is 17.2. The van der Waals surface area contributed by atoms with Crippen molar-refractivity contribution in [2.45, 2.75) is 44.8 Å². The van der Waals surface area contributed by atoms with Gasteiger partial charge in [0.25, 0.3) is 0 Å². The third-order valence-corrected chi connectivity index (χ3v) is 4.41. The minimum absolute atomic E-state index is 0.207. The molecule has 2 aromatic rings. The first-order chi connectivity index (χ1) is 11.8. The van der Waals surface area contributed by atoms with Crippen molar-refractivity contribution in [3.05, 3.63) is 71.8 Å². The summed E-state index contributed by atoms with van der Waals surface area (Å²) < 4.78 is 5.56. The van der Waals surface area contributed by atoms with Crippen molar-refractivity contribution in [3.8, 4) is 0 Å². The minimum atomic E-state index is -0.831. The third-order valence-electron chi connectivity index (χ3n) is 4.41. The Balaban J connectivity index is 2.16. The van der Waals surface area contributed by atoms with E-state index in [1.54, 1.807) is 20.8 Å². The molecule has 0 unspecified atom stereocenters. The van der Waals surface area contributed by atoms with Crippen molar-refractivity contribution in [2.24, 2.45) is 0 Å². The molecule has 0 saturated carbocycles. The molecule has 3 rings (SSSR count). The molecule has 0 N–H and O–H groups in total. The monoisotopic (exact) mass is 337 g/mol. The van der Waals surface area contributed by atoms with Gasteiger partial charge in [0.15, 0.2) is 0 Å². The van der Waals surface area contributed by atoms with E-state index in [0.717, 1.165) is 11.1 Å². The summed E-state index contributed by atoms with van der Waals surface area (Å²) in [5, 5.41) is 0. The number of ether oxygens (including phenoxy) is 1. The number of amides is 2.